The molecule has 1 aromatic heterocycles. The zero-order chi connectivity index (χ0) is 13.0. The topological polar surface area (TPSA) is 84.1 Å². The van der Waals surface area contributed by atoms with Crippen molar-refractivity contribution in [1.82, 2.24) is 15.5 Å². The molecule has 2 rings (SSSR count). The molecule has 1 unspecified atom stereocenters. The zero-order valence-corrected chi connectivity index (χ0v) is 11.4. The highest BCUT2D eigenvalue weighted by molar-refractivity contribution is 7.15. The highest BCUT2D eigenvalue weighted by atomic mass is 32.1. The van der Waals surface area contributed by atoms with Gasteiger partial charge in [0, 0.05) is 26.2 Å². The molecular weight excluding hydrogens is 250 g/mol. The molecule has 0 bridgehead atoms. The zero-order valence-electron chi connectivity index (χ0n) is 10.6. The minimum Gasteiger partial charge on any atom is -0.355 e. The van der Waals surface area contributed by atoms with Crippen LogP contribution in [0.5, 0.6) is 0 Å². The second-order valence-electron chi connectivity index (χ2n) is 4.47. The molecule has 1 amide bonds. The minimum atomic E-state index is 0.0366. The maximum Gasteiger partial charge on any atom is 0.224 e. The third-order valence-electron chi connectivity index (χ3n) is 3.02. The van der Waals surface area contributed by atoms with Crippen molar-refractivity contribution >= 4 is 22.4 Å². The van der Waals surface area contributed by atoms with E-state index in [0.29, 0.717) is 13.1 Å². The standard InChI is InChI=1S/C11H19N5OS/c1-8-14-15-11(18-8)16-6-2-3-9(7-16)10(17)13-5-4-12/h9H,2-7,12H2,1H3,(H,13,17). The van der Waals surface area contributed by atoms with E-state index >= 15 is 0 Å². The number of anilines is 1. The fourth-order valence-electron chi connectivity index (χ4n) is 2.12. The largest absolute Gasteiger partial charge is 0.355 e. The summed E-state index contributed by atoms with van der Waals surface area (Å²) >= 11 is 1.58. The summed E-state index contributed by atoms with van der Waals surface area (Å²) in [6, 6.07) is 0. The van der Waals surface area contributed by atoms with Crippen molar-refractivity contribution in [1.29, 1.82) is 0 Å². The Hall–Kier alpha value is -1.21. The van der Waals surface area contributed by atoms with Crippen LogP contribution in [-0.2, 0) is 4.79 Å². The van der Waals surface area contributed by atoms with Crippen LogP contribution in [0.4, 0.5) is 5.13 Å². The third-order valence-corrected chi connectivity index (χ3v) is 3.92. The maximum atomic E-state index is 11.9. The smallest absolute Gasteiger partial charge is 0.224 e. The van der Waals surface area contributed by atoms with Gasteiger partial charge in [0.1, 0.15) is 5.01 Å². The lowest BCUT2D eigenvalue weighted by atomic mass is 9.97. The molecule has 100 valence electrons. The van der Waals surface area contributed by atoms with E-state index < -0.39 is 0 Å². The van der Waals surface area contributed by atoms with Gasteiger partial charge in [0.2, 0.25) is 11.0 Å². The van der Waals surface area contributed by atoms with Crippen LogP contribution in [0.25, 0.3) is 0 Å². The fraction of sp³-hybridized carbons (Fsp3) is 0.727. The summed E-state index contributed by atoms with van der Waals surface area (Å²) in [6.45, 7) is 4.65. The van der Waals surface area contributed by atoms with Gasteiger partial charge in [0.15, 0.2) is 0 Å². The molecule has 1 aromatic rings. The minimum absolute atomic E-state index is 0.0366. The van der Waals surface area contributed by atoms with E-state index in [-0.39, 0.29) is 11.8 Å². The number of rotatable bonds is 4. The van der Waals surface area contributed by atoms with Gasteiger partial charge in [0.25, 0.3) is 0 Å². The first kappa shape index (κ1) is 13.2. The van der Waals surface area contributed by atoms with Crippen LogP contribution in [0, 0.1) is 12.8 Å². The number of amides is 1. The molecule has 0 spiro atoms. The van der Waals surface area contributed by atoms with Gasteiger partial charge in [-0.3, -0.25) is 4.79 Å². The van der Waals surface area contributed by atoms with Gasteiger partial charge in [-0.15, -0.1) is 10.2 Å². The Bertz CT molecular complexity index is 408. The van der Waals surface area contributed by atoms with Gasteiger partial charge in [-0.05, 0) is 19.8 Å². The molecule has 1 atom stereocenters. The lowest BCUT2D eigenvalue weighted by Gasteiger charge is -2.31. The summed E-state index contributed by atoms with van der Waals surface area (Å²) in [7, 11) is 0. The van der Waals surface area contributed by atoms with Crippen molar-refractivity contribution in [3.8, 4) is 0 Å². The molecule has 1 fully saturated rings. The van der Waals surface area contributed by atoms with Gasteiger partial charge in [-0.2, -0.15) is 0 Å². The number of hydrogen-bond donors (Lipinski definition) is 2. The number of nitrogens with one attached hydrogen (secondary N) is 1. The van der Waals surface area contributed by atoms with Crippen LogP contribution in [-0.4, -0.2) is 42.3 Å². The number of aromatic nitrogens is 2. The number of carbonyl (C=O) groups excluding carboxylic acids is 1. The average Bonchev–Trinajstić information content (AvgIpc) is 2.83. The Kier molecular flexibility index (Phi) is 4.48. The van der Waals surface area contributed by atoms with Crippen molar-refractivity contribution in [2.75, 3.05) is 31.1 Å². The lowest BCUT2D eigenvalue weighted by molar-refractivity contribution is -0.125. The highest BCUT2D eigenvalue weighted by Crippen LogP contribution is 2.25. The molecule has 0 radical (unpaired) electrons. The van der Waals surface area contributed by atoms with Crippen LogP contribution in [0.1, 0.15) is 17.8 Å². The lowest BCUT2D eigenvalue weighted by Crippen LogP contribution is -2.44. The van der Waals surface area contributed by atoms with E-state index in [4.69, 9.17) is 5.73 Å². The van der Waals surface area contributed by atoms with Crippen LogP contribution < -0.4 is 16.0 Å². The first-order chi connectivity index (χ1) is 8.70. The second-order valence-corrected chi connectivity index (χ2v) is 5.63. The number of nitrogens with zero attached hydrogens (tertiary/aromatic N) is 3. The average molecular weight is 269 g/mol. The predicted octanol–water partition coefficient (Wildman–Crippen LogP) is 0.138. The van der Waals surface area contributed by atoms with E-state index in [1.165, 1.54) is 0 Å². The molecule has 0 aliphatic carbocycles. The Morgan fingerprint density at radius 1 is 1.61 bits per heavy atom. The van der Waals surface area contributed by atoms with E-state index in [0.717, 1.165) is 36.1 Å². The van der Waals surface area contributed by atoms with Crippen LogP contribution in [0.15, 0.2) is 0 Å². The van der Waals surface area contributed by atoms with Gasteiger partial charge >= 0.3 is 0 Å². The fourth-order valence-corrected chi connectivity index (χ4v) is 2.84. The van der Waals surface area contributed by atoms with Gasteiger partial charge < -0.3 is 16.0 Å². The predicted molar refractivity (Wildman–Crippen MR) is 71.6 cm³/mol. The number of hydrogen-bond acceptors (Lipinski definition) is 6. The van der Waals surface area contributed by atoms with E-state index in [1.807, 2.05) is 6.92 Å². The van der Waals surface area contributed by atoms with Crippen LogP contribution >= 0.6 is 11.3 Å². The van der Waals surface area contributed by atoms with Gasteiger partial charge in [0.05, 0.1) is 5.92 Å². The van der Waals surface area contributed by atoms with E-state index in [1.54, 1.807) is 11.3 Å². The molecule has 6 nitrogen and oxygen atoms in total. The van der Waals surface area contributed by atoms with Crippen LogP contribution in [0.2, 0.25) is 0 Å². The highest BCUT2D eigenvalue weighted by Gasteiger charge is 2.27. The Morgan fingerprint density at radius 3 is 3.11 bits per heavy atom. The molecule has 0 aromatic carbocycles. The summed E-state index contributed by atoms with van der Waals surface area (Å²) < 4.78 is 0. The Morgan fingerprint density at radius 2 is 2.44 bits per heavy atom. The number of carbonyl (C=O) groups is 1. The Balaban J connectivity index is 1.94. The number of aryl methyl sites for hydroxylation is 1. The first-order valence-electron chi connectivity index (χ1n) is 6.23. The summed E-state index contributed by atoms with van der Waals surface area (Å²) in [4.78, 5) is 14.1. The molecule has 1 aliphatic rings. The van der Waals surface area contributed by atoms with E-state index in [9.17, 15) is 4.79 Å². The molecular formula is C11H19N5OS. The van der Waals surface area contributed by atoms with Crippen molar-refractivity contribution in [3.05, 3.63) is 5.01 Å². The summed E-state index contributed by atoms with van der Waals surface area (Å²) in [5.41, 5.74) is 5.39. The van der Waals surface area contributed by atoms with Crippen molar-refractivity contribution < 1.29 is 4.79 Å². The molecule has 1 saturated heterocycles. The molecule has 1 aliphatic heterocycles. The van der Waals surface area contributed by atoms with Crippen molar-refractivity contribution in [2.24, 2.45) is 11.7 Å². The SMILES string of the molecule is Cc1nnc(N2CCCC(C(=O)NCCN)C2)s1. The second kappa shape index (κ2) is 6.10. The van der Waals surface area contributed by atoms with E-state index in [2.05, 4.69) is 20.4 Å². The first-order valence-corrected chi connectivity index (χ1v) is 7.05. The molecule has 0 saturated carbocycles. The Labute approximate surface area is 111 Å². The summed E-state index contributed by atoms with van der Waals surface area (Å²) in [5, 5.41) is 12.9. The summed E-state index contributed by atoms with van der Waals surface area (Å²) in [6.07, 6.45) is 1.95. The van der Waals surface area contributed by atoms with Gasteiger partial charge in [-0.25, -0.2) is 0 Å². The molecule has 7 heteroatoms. The van der Waals surface area contributed by atoms with Gasteiger partial charge in [-0.1, -0.05) is 11.3 Å². The summed E-state index contributed by atoms with van der Waals surface area (Å²) in [5.74, 6) is 0.140. The number of piperidine rings is 1. The normalized spacial score (nSPS) is 19.9. The van der Waals surface area contributed by atoms with Crippen molar-refractivity contribution in [3.63, 3.8) is 0 Å². The molecule has 2 heterocycles. The third kappa shape index (κ3) is 3.17. The number of nitrogens with two attached hydrogens (primary N) is 1. The maximum absolute atomic E-state index is 11.9. The molecule has 18 heavy (non-hydrogen) atoms. The quantitative estimate of drug-likeness (QED) is 0.812. The monoisotopic (exact) mass is 269 g/mol. The molecule has 3 N–H and O–H groups in total. The van der Waals surface area contributed by atoms with Crippen molar-refractivity contribution in [2.45, 2.75) is 19.8 Å². The van der Waals surface area contributed by atoms with Crippen LogP contribution in [0.3, 0.4) is 0 Å².